The van der Waals surface area contributed by atoms with E-state index in [0.717, 1.165) is 5.75 Å². The van der Waals surface area contributed by atoms with Crippen LogP contribution in [-0.2, 0) is 9.53 Å². The Morgan fingerprint density at radius 3 is 2.55 bits per heavy atom. The van der Waals surface area contributed by atoms with Gasteiger partial charge in [-0.15, -0.1) is 11.8 Å². The van der Waals surface area contributed by atoms with Crippen LogP contribution in [-0.4, -0.2) is 20.1 Å². The third-order valence-electron chi connectivity index (χ3n) is 1.08. The van der Waals surface area contributed by atoms with Gasteiger partial charge in [0.1, 0.15) is 1.26 Å². The summed E-state index contributed by atoms with van der Waals surface area (Å²) in [6, 6.07) is 0. The molecule has 0 aliphatic carbocycles. The summed E-state index contributed by atoms with van der Waals surface area (Å²) in [6.07, 6.45) is 0. The Bertz CT molecular complexity index is 130. The number of hydrogen-bond donors (Lipinski definition) is 0. The first-order valence-corrected chi connectivity index (χ1v) is 6.59. The zero-order valence-electron chi connectivity index (χ0n) is 6.34. The van der Waals surface area contributed by atoms with Crippen molar-refractivity contribution in [3.8, 4) is 0 Å². The molecule has 0 spiro atoms. The lowest BCUT2D eigenvalue weighted by molar-refractivity contribution is -0.143. The Labute approximate surface area is 98.5 Å². The summed E-state index contributed by atoms with van der Waals surface area (Å²) in [5, 5.41) is 0. The minimum Gasteiger partial charge on any atom is -0.469 e. The maximum atomic E-state index is 10.9. The average Bonchev–Trinajstić information content (AvgIpc) is 1.98. The summed E-state index contributed by atoms with van der Waals surface area (Å²) in [4.78, 5) is 10.9. The predicted molar refractivity (Wildman–Crippen MR) is 65.5 cm³/mol. The molecular formula is C6H10I2O2S. The third-order valence-corrected chi connectivity index (χ3v) is 4.18. The Balaban J connectivity index is 3.52. The van der Waals surface area contributed by atoms with Crippen molar-refractivity contribution in [3.05, 3.63) is 0 Å². The number of hydrogen-bond acceptors (Lipinski definition) is 3. The largest absolute Gasteiger partial charge is 0.469 e. The highest BCUT2D eigenvalue weighted by Crippen LogP contribution is 2.26. The van der Waals surface area contributed by atoms with Crippen LogP contribution >= 0.6 is 56.9 Å². The van der Waals surface area contributed by atoms with Crippen LogP contribution < -0.4 is 0 Å². The van der Waals surface area contributed by atoms with E-state index in [2.05, 4.69) is 49.9 Å². The van der Waals surface area contributed by atoms with Gasteiger partial charge in [-0.1, -0.05) is 52.1 Å². The van der Waals surface area contributed by atoms with Crippen molar-refractivity contribution in [1.82, 2.24) is 0 Å². The Kier molecular flexibility index (Phi) is 7.55. The molecule has 1 unspecified atom stereocenters. The fraction of sp³-hybridized carbons (Fsp3) is 0.833. The average molecular weight is 400 g/mol. The zero-order valence-corrected chi connectivity index (χ0v) is 11.5. The van der Waals surface area contributed by atoms with E-state index in [1.54, 1.807) is 11.8 Å². The number of carbonyl (C=O) groups excluding carboxylic acids is 1. The van der Waals surface area contributed by atoms with Crippen molar-refractivity contribution in [2.75, 3.05) is 12.9 Å². The number of alkyl halides is 2. The third kappa shape index (κ3) is 6.44. The quantitative estimate of drug-likeness (QED) is 0.413. The number of ether oxygens (including phenoxy) is 1. The molecule has 0 heterocycles. The van der Waals surface area contributed by atoms with Gasteiger partial charge < -0.3 is 4.74 Å². The number of thioether (sulfide) groups is 1. The fourth-order valence-corrected chi connectivity index (χ4v) is 2.30. The molecule has 0 amide bonds. The van der Waals surface area contributed by atoms with E-state index >= 15 is 0 Å². The molecule has 0 aromatic heterocycles. The van der Waals surface area contributed by atoms with E-state index in [9.17, 15) is 4.79 Å². The van der Waals surface area contributed by atoms with Gasteiger partial charge in [0, 0.05) is 5.75 Å². The molecule has 0 fully saturated rings. The predicted octanol–water partition coefficient (Wildman–Crippen LogP) is 2.68. The summed E-state index contributed by atoms with van der Waals surface area (Å²) in [5.74, 6) is 0.728. The van der Waals surface area contributed by atoms with Crippen molar-refractivity contribution in [1.29, 1.82) is 0 Å². The minimum atomic E-state index is -0.119. The standard InChI is InChI=1S/C6H10I2O2S/c1-4(5(9)10-2)3-11-6(7)8/h4,6H,3H2,1-2H3. The van der Waals surface area contributed by atoms with Crippen LogP contribution in [0.1, 0.15) is 6.92 Å². The molecule has 2 nitrogen and oxygen atoms in total. The molecule has 0 aliphatic heterocycles. The smallest absolute Gasteiger partial charge is 0.309 e. The van der Waals surface area contributed by atoms with Gasteiger partial charge in [-0.25, -0.2) is 0 Å². The van der Waals surface area contributed by atoms with Gasteiger partial charge in [0.15, 0.2) is 0 Å². The second-order valence-corrected chi connectivity index (χ2v) is 9.72. The van der Waals surface area contributed by atoms with Crippen molar-refractivity contribution in [2.24, 2.45) is 5.92 Å². The molecule has 11 heavy (non-hydrogen) atoms. The number of methoxy groups -OCH3 is 1. The van der Waals surface area contributed by atoms with E-state index in [4.69, 9.17) is 0 Å². The topological polar surface area (TPSA) is 26.3 Å². The SMILES string of the molecule is COC(=O)C(C)CSC(I)I. The number of rotatable bonds is 4. The lowest BCUT2D eigenvalue weighted by atomic mass is 10.2. The molecular weight excluding hydrogens is 390 g/mol. The van der Waals surface area contributed by atoms with Gasteiger partial charge in [0.25, 0.3) is 0 Å². The molecule has 0 bridgehead atoms. The second-order valence-electron chi connectivity index (χ2n) is 2.02. The highest BCUT2D eigenvalue weighted by atomic mass is 127. The van der Waals surface area contributed by atoms with Gasteiger partial charge in [0.05, 0.1) is 13.0 Å². The normalized spacial score (nSPS) is 13.2. The minimum absolute atomic E-state index is 0.0111. The number of esters is 1. The molecule has 0 N–H and O–H groups in total. The van der Waals surface area contributed by atoms with Crippen molar-refractivity contribution in [2.45, 2.75) is 8.19 Å². The zero-order chi connectivity index (χ0) is 8.85. The lowest BCUT2D eigenvalue weighted by Gasteiger charge is -2.08. The van der Waals surface area contributed by atoms with Gasteiger partial charge in [0.2, 0.25) is 0 Å². The van der Waals surface area contributed by atoms with E-state index in [1.807, 2.05) is 6.92 Å². The van der Waals surface area contributed by atoms with Crippen molar-refractivity contribution in [3.63, 3.8) is 0 Å². The van der Waals surface area contributed by atoms with Gasteiger partial charge >= 0.3 is 5.97 Å². The molecule has 0 radical (unpaired) electrons. The van der Waals surface area contributed by atoms with E-state index in [0.29, 0.717) is 1.26 Å². The highest BCUT2D eigenvalue weighted by molar-refractivity contribution is 14.2. The van der Waals surface area contributed by atoms with Crippen LogP contribution in [0.4, 0.5) is 0 Å². The highest BCUT2D eigenvalue weighted by Gasteiger charge is 2.13. The van der Waals surface area contributed by atoms with Gasteiger partial charge in [-0.2, -0.15) is 0 Å². The summed E-state index contributed by atoms with van der Waals surface area (Å²) in [6.45, 7) is 1.88. The molecule has 5 heteroatoms. The monoisotopic (exact) mass is 400 g/mol. The first-order valence-electron chi connectivity index (χ1n) is 3.05. The second kappa shape index (κ2) is 6.76. The Morgan fingerprint density at radius 1 is 1.64 bits per heavy atom. The molecule has 0 aromatic rings. The first-order chi connectivity index (χ1) is 5.07. The van der Waals surface area contributed by atoms with Crippen LogP contribution in [0.3, 0.4) is 0 Å². The molecule has 1 atom stereocenters. The summed E-state index contributed by atoms with van der Waals surface area (Å²) in [7, 11) is 1.43. The Morgan fingerprint density at radius 2 is 2.18 bits per heavy atom. The fourth-order valence-electron chi connectivity index (χ4n) is 0.486. The molecule has 66 valence electrons. The number of carbonyl (C=O) groups is 1. The molecule has 0 rings (SSSR count). The molecule has 0 aliphatic rings. The maximum absolute atomic E-state index is 10.9. The van der Waals surface area contributed by atoms with Crippen molar-refractivity contribution < 1.29 is 9.53 Å². The number of halogens is 2. The van der Waals surface area contributed by atoms with E-state index < -0.39 is 0 Å². The molecule has 0 aromatic carbocycles. The molecule has 0 saturated carbocycles. The summed E-state index contributed by atoms with van der Waals surface area (Å²) < 4.78 is 5.11. The van der Waals surface area contributed by atoms with Gasteiger partial charge in [-0.05, 0) is 0 Å². The van der Waals surface area contributed by atoms with E-state index in [-0.39, 0.29) is 11.9 Å². The van der Waals surface area contributed by atoms with E-state index in [1.165, 1.54) is 7.11 Å². The maximum Gasteiger partial charge on any atom is 0.309 e. The summed E-state index contributed by atoms with van der Waals surface area (Å²) in [5.41, 5.74) is 0. The van der Waals surface area contributed by atoms with Gasteiger partial charge in [-0.3, -0.25) is 4.79 Å². The Hall–Kier alpha value is 1.28. The van der Waals surface area contributed by atoms with Crippen LogP contribution in [0.2, 0.25) is 0 Å². The molecule has 0 saturated heterocycles. The lowest BCUT2D eigenvalue weighted by Crippen LogP contribution is -2.15. The summed E-state index contributed by atoms with van der Waals surface area (Å²) >= 11 is 6.37. The first kappa shape index (κ1) is 12.3. The van der Waals surface area contributed by atoms with Crippen LogP contribution in [0.25, 0.3) is 0 Å². The van der Waals surface area contributed by atoms with Crippen LogP contribution in [0.15, 0.2) is 0 Å². The van der Waals surface area contributed by atoms with Crippen LogP contribution in [0, 0.1) is 5.92 Å². The van der Waals surface area contributed by atoms with Crippen molar-refractivity contribution >= 4 is 62.9 Å². The van der Waals surface area contributed by atoms with Crippen LogP contribution in [0.5, 0.6) is 0 Å².